The SMILES string of the molecule is N#CC1(NC(=O)C2CC(S(=O)(=O)c3ccccc3Cl)CC2COc2ccc(Cl)cc2)CC1. The molecule has 2 aliphatic carbocycles. The fraction of sp³-hybridized carbons (Fsp3) is 0.391. The molecule has 3 unspecified atom stereocenters. The molecule has 2 aromatic rings. The molecule has 0 heterocycles. The summed E-state index contributed by atoms with van der Waals surface area (Å²) in [5.74, 6) is -0.634. The predicted octanol–water partition coefficient (Wildman–Crippen LogP) is 4.41. The van der Waals surface area contributed by atoms with Crippen LogP contribution in [-0.4, -0.2) is 31.7 Å². The normalized spacial score (nSPS) is 23.8. The Morgan fingerprint density at radius 1 is 1.12 bits per heavy atom. The quantitative estimate of drug-likeness (QED) is 0.617. The van der Waals surface area contributed by atoms with E-state index in [9.17, 15) is 18.5 Å². The molecule has 0 saturated heterocycles. The summed E-state index contributed by atoms with van der Waals surface area (Å²) in [6.07, 6.45) is 1.62. The second kappa shape index (κ2) is 8.93. The van der Waals surface area contributed by atoms with Crippen LogP contribution >= 0.6 is 23.2 Å². The van der Waals surface area contributed by atoms with Gasteiger partial charge in [0.15, 0.2) is 9.84 Å². The number of hydrogen-bond donors (Lipinski definition) is 1. The molecule has 2 aliphatic rings. The van der Waals surface area contributed by atoms with E-state index in [1.54, 1.807) is 42.5 Å². The highest BCUT2D eigenvalue weighted by molar-refractivity contribution is 7.92. The Balaban J connectivity index is 1.55. The number of benzene rings is 2. The first kappa shape index (κ1) is 22.9. The Hall–Kier alpha value is -2.27. The Kier molecular flexibility index (Phi) is 6.39. The summed E-state index contributed by atoms with van der Waals surface area (Å²) < 4.78 is 32.5. The third kappa shape index (κ3) is 4.73. The number of ether oxygens (including phenoxy) is 1. The summed E-state index contributed by atoms with van der Waals surface area (Å²) in [5.41, 5.74) is -0.821. The van der Waals surface area contributed by atoms with Gasteiger partial charge in [-0.15, -0.1) is 0 Å². The van der Waals surface area contributed by atoms with Crippen LogP contribution in [0.1, 0.15) is 25.7 Å². The van der Waals surface area contributed by atoms with E-state index in [-0.39, 0.29) is 41.2 Å². The fourth-order valence-electron chi connectivity index (χ4n) is 4.14. The summed E-state index contributed by atoms with van der Waals surface area (Å²) in [7, 11) is -3.74. The Bertz CT molecular complexity index is 1160. The highest BCUT2D eigenvalue weighted by atomic mass is 35.5. The standard InChI is InChI=1S/C23H22Cl2N2O4S/c24-16-5-7-17(8-6-16)31-13-15-11-18(32(29,30)21-4-2-1-3-20(21)25)12-19(15)22(28)27-23(14-26)9-10-23/h1-8,15,18-19H,9-13H2,(H,27,28). The molecular formula is C23H22Cl2N2O4S. The smallest absolute Gasteiger partial charge is 0.224 e. The van der Waals surface area contributed by atoms with Crippen molar-refractivity contribution in [2.75, 3.05) is 6.61 Å². The van der Waals surface area contributed by atoms with Crippen LogP contribution in [0.15, 0.2) is 53.4 Å². The van der Waals surface area contributed by atoms with Crippen molar-refractivity contribution >= 4 is 38.9 Å². The van der Waals surface area contributed by atoms with Gasteiger partial charge in [0.25, 0.3) is 0 Å². The lowest BCUT2D eigenvalue weighted by Gasteiger charge is -2.21. The monoisotopic (exact) mass is 492 g/mol. The number of halogens is 2. The molecule has 1 N–H and O–H groups in total. The van der Waals surface area contributed by atoms with Crippen molar-refractivity contribution in [3.8, 4) is 11.8 Å². The van der Waals surface area contributed by atoms with E-state index in [0.29, 0.717) is 23.6 Å². The van der Waals surface area contributed by atoms with Gasteiger partial charge >= 0.3 is 0 Å². The van der Waals surface area contributed by atoms with E-state index in [4.69, 9.17) is 27.9 Å². The topological polar surface area (TPSA) is 96.3 Å². The maximum absolute atomic E-state index is 13.3. The van der Waals surface area contributed by atoms with Crippen LogP contribution < -0.4 is 10.1 Å². The molecule has 6 nitrogen and oxygen atoms in total. The van der Waals surface area contributed by atoms with Gasteiger partial charge in [0.05, 0.1) is 27.8 Å². The van der Waals surface area contributed by atoms with Gasteiger partial charge in [-0.1, -0.05) is 35.3 Å². The summed E-state index contributed by atoms with van der Waals surface area (Å²) in [5, 5.41) is 12.1. The maximum Gasteiger partial charge on any atom is 0.224 e. The van der Waals surface area contributed by atoms with E-state index >= 15 is 0 Å². The van der Waals surface area contributed by atoms with Crippen LogP contribution in [0, 0.1) is 23.2 Å². The summed E-state index contributed by atoms with van der Waals surface area (Å²) in [4.78, 5) is 13.1. The van der Waals surface area contributed by atoms with Crippen LogP contribution in [0.4, 0.5) is 0 Å². The Labute approximate surface area is 197 Å². The molecule has 0 spiro atoms. The Morgan fingerprint density at radius 2 is 1.81 bits per heavy atom. The van der Waals surface area contributed by atoms with Crippen molar-refractivity contribution in [2.24, 2.45) is 11.8 Å². The second-order valence-corrected chi connectivity index (χ2v) is 11.4. The van der Waals surface area contributed by atoms with Crippen LogP contribution in [0.25, 0.3) is 0 Å². The van der Waals surface area contributed by atoms with Crippen LogP contribution in [0.5, 0.6) is 5.75 Å². The summed E-state index contributed by atoms with van der Waals surface area (Å²) in [6.45, 7) is 0.174. The largest absolute Gasteiger partial charge is 0.493 e. The molecule has 0 aromatic heterocycles. The first-order valence-corrected chi connectivity index (χ1v) is 12.6. The molecule has 168 valence electrons. The van der Waals surface area contributed by atoms with Crippen LogP contribution in [0.3, 0.4) is 0 Å². The summed E-state index contributed by atoms with van der Waals surface area (Å²) in [6, 6.07) is 15.3. The zero-order valence-corrected chi connectivity index (χ0v) is 19.5. The highest BCUT2D eigenvalue weighted by Gasteiger charge is 2.50. The number of amides is 1. The van der Waals surface area contributed by atoms with Crippen molar-refractivity contribution in [1.82, 2.24) is 5.32 Å². The highest BCUT2D eigenvalue weighted by Crippen LogP contribution is 2.42. The second-order valence-electron chi connectivity index (χ2n) is 8.38. The lowest BCUT2D eigenvalue weighted by molar-refractivity contribution is -0.127. The van der Waals surface area contributed by atoms with Gasteiger partial charge in [-0.25, -0.2) is 8.42 Å². The van der Waals surface area contributed by atoms with Crippen molar-refractivity contribution in [1.29, 1.82) is 5.26 Å². The minimum Gasteiger partial charge on any atom is -0.493 e. The average molecular weight is 493 g/mol. The first-order chi connectivity index (χ1) is 15.2. The molecule has 9 heteroatoms. The van der Waals surface area contributed by atoms with E-state index < -0.39 is 26.5 Å². The minimum absolute atomic E-state index is 0.0702. The van der Waals surface area contributed by atoms with Crippen LogP contribution in [0.2, 0.25) is 10.0 Å². The molecule has 2 aromatic carbocycles. The molecule has 0 radical (unpaired) electrons. The lowest BCUT2D eigenvalue weighted by Crippen LogP contribution is -2.41. The van der Waals surface area contributed by atoms with E-state index in [1.165, 1.54) is 6.07 Å². The van der Waals surface area contributed by atoms with Crippen molar-refractivity contribution < 1.29 is 17.9 Å². The maximum atomic E-state index is 13.3. The fourth-order valence-corrected chi connectivity index (χ4v) is 6.65. The Morgan fingerprint density at radius 3 is 2.44 bits per heavy atom. The lowest BCUT2D eigenvalue weighted by atomic mass is 9.95. The number of nitrogens with zero attached hydrogens (tertiary/aromatic N) is 1. The van der Waals surface area contributed by atoms with E-state index in [0.717, 1.165) is 0 Å². The average Bonchev–Trinajstić information content (AvgIpc) is 3.40. The van der Waals surface area contributed by atoms with Crippen molar-refractivity contribution in [2.45, 2.75) is 41.4 Å². The van der Waals surface area contributed by atoms with E-state index in [1.807, 2.05) is 0 Å². The number of carbonyl (C=O) groups excluding carboxylic acids is 1. The molecule has 2 saturated carbocycles. The summed E-state index contributed by atoms with van der Waals surface area (Å²) >= 11 is 12.1. The van der Waals surface area contributed by atoms with E-state index in [2.05, 4.69) is 11.4 Å². The molecule has 2 fully saturated rings. The van der Waals surface area contributed by atoms with Gasteiger partial charge in [-0.05, 0) is 62.1 Å². The van der Waals surface area contributed by atoms with Gasteiger partial charge in [-0.3, -0.25) is 4.79 Å². The molecule has 4 rings (SSSR count). The first-order valence-electron chi connectivity index (χ1n) is 10.3. The number of rotatable bonds is 7. The number of nitrogens with one attached hydrogen (secondary N) is 1. The minimum atomic E-state index is -3.74. The van der Waals surface area contributed by atoms with Gasteiger partial charge in [0.2, 0.25) is 5.91 Å². The zero-order valence-electron chi connectivity index (χ0n) is 17.1. The molecule has 0 bridgehead atoms. The zero-order chi connectivity index (χ0) is 22.9. The number of nitriles is 1. The number of carbonyl (C=O) groups is 1. The third-order valence-corrected chi connectivity index (χ3v) is 9.10. The number of sulfone groups is 1. The predicted molar refractivity (Wildman–Crippen MR) is 121 cm³/mol. The van der Waals surface area contributed by atoms with Gasteiger partial charge in [0.1, 0.15) is 11.3 Å². The molecule has 1 amide bonds. The van der Waals surface area contributed by atoms with Crippen molar-refractivity contribution in [3.63, 3.8) is 0 Å². The van der Waals surface area contributed by atoms with Gasteiger partial charge in [0, 0.05) is 16.9 Å². The molecule has 3 atom stereocenters. The molecule has 0 aliphatic heterocycles. The third-order valence-electron chi connectivity index (χ3n) is 6.17. The number of hydrogen-bond acceptors (Lipinski definition) is 5. The molecule has 32 heavy (non-hydrogen) atoms. The van der Waals surface area contributed by atoms with Crippen molar-refractivity contribution in [3.05, 3.63) is 58.6 Å². The van der Waals surface area contributed by atoms with Gasteiger partial charge in [-0.2, -0.15) is 5.26 Å². The molecular weight excluding hydrogens is 471 g/mol. The van der Waals surface area contributed by atoms with Gasteiger partial charge < -0.3 is 10.1 Å². The van der Waals surface area contributed by atoms with Crippen LogP contribution in [-0.2, 0) is 14.6 Å².